The smallest absolute Gasteiger partial charge is 0.119 e. The fourth-order valence-corrected chi connectivity index (χ4v) is 3.12. The second-order valence-electron chi connectivity index (χ2n) is 7.52. The molecule has 0 atom stereocenters. The first-order chi connectivity index (χ1) is 13.0. The SMILES string of the molecule is CCCOCCOc1ccc(/C=C/c2c(C(C)C)cccc2C(C)C)cc1. The molecule has 2 rings (SSSR count). The first-order valence-corrected chi connectivity index (χ1v) is 10.1. The summed E-state index contributed by atoms with van der Waals surface area (Å²) in [6.07, 6.45) is 5.50. The molecule has 0 aliphatic carbocycles. The first-order valence-electron chi connectivity index (χ1n) is 10.1. The van der Waals surface area contributed by atoms with Gasteiger partial charge >= 0.3 is 0 Å². The Hall–Kier alpha value is -2.06. The highest BCUT2D eigenvalue weighted by atomic mass is 16.5. The van der Waals surface area contributed by atoms with Gasteiger partial charge < -0.3 is 9.47 Å². The lowest BCUT2D eigenvalue weighted by molar-refractivity contribution is 0.101. The molecule has 146 valence electrons. The van der Waals surface area contributed by atoms with Gasteiger partial charge in [-0.3, -0.25) is 0 Å². The van der Waals surface area contributed by atoms with Crippen molar-refractivity contribution in [2.24, 2.45) is 0 Å². The van der Waals surface area contributed by atoms with Gasteiger partial charge in [0.2, 0.25) is 0 Å². The Labute approximate surface area is 165 Å². The van der Waals surface area contributed by atoms with E-state index in [0.717, 1.165) is 18.8 Å². The van der Waals surface area contributed by atoms with Crippen molar-refractivity contribution in [2.75, 3.05) is 19.8 Å². The maximum atomic E-state index is 5.72. The maximum Gasteiger partial charge on any atom is 0.119 e. The van der Waals surface area contributed by atoms with Crippen LogP contribution in [0.1, 0.15) is 75.1 Å². The summed E-state index contributed by atoms with van der Waals surface area (Å²) in [6, 6.07) is 14.9. The normalized spacial score (nSPS) is 11.7. The van der Waals surface area contributed by atoms with Gasteiger partial charge in [0.25, 0.3) is 0 Å². The van der Waals surface area contributed by atoms with Gasteiger partial charge in [-0.2, -0.15) is 0 Å². The number of hydrogen-bond acceptors (Lipinski definition) is 2. The van der Waals surface area contributed by atoms with E-state index in [1.165, 1.54) is 22.3 Å². The van der Waals surface area contributed by atoms with Gasteiger partial charge in [0, 0.05) is 6.61 Å². The zero-order valence-corrected chi connectivity index (χ0v) is 17.5. The van der Waals surface area contributed by atoms with Crippen LogP contribution in [0.2, 0.25) is 0 Å². The second kappa shape index (κ2) is 10.9. The van der Waals surface area contributed by atoms with E-state index >= 15 is 0 Å². The summed E-state index contributed by atoms with van der Waals surface area (Å²) < 4.78 is 11.2. The highest BCUT2D eigenvalue weighted by Gasteiger charge is 2.11. The summed E-state index contributed by atoms with van der Waals surface area (Å²) in [5.41, 5.74) is 5.35. The largest absolute Gasteiger partial charge is 0.491 e. The summed E-state index contributed by atoms with van der Waals surface area (Å²) in [5, 5.41) is 0. The predicted molar refractivity (Wildman–Crippen MR) is 117 cm³/mol. The molecule has 0 heterocycles. The van der Waals surface area contributed by atoms with Crippen molar-refractivity contribution in [1.29, 1.82) is 0 Å². The van der Waals surface area contributed by atoms with Crippen LogP contribution < -0.4 is 4.74 Å². The standard InChI is InChI=1S/C25H34O2/c1-6-16-26-17-18-27-22-13-10-21(11-14-22)12-15-25-23(19(2)3)8-7-9-24(25)20(4)5/h7-15,19-20H,6,16-18H2,1-5H3/b15-12+. The van der Waals surface area contributed by atoms with Gasteiger partial charge in [0.05, 0.1) is 6.61 Å². The molecule has 0 amide bonds. The summed E-state index contributed by atoms with van der Waals surface area (Å²) in [7, 11) is 0. The molecule has 0 radical (unpaired) electrons. The van der Waals surface area contributed by atoms with Crippen molar-refractivity contribution in [1.82, 2.24) is 0 Å². The summed E-state index contributed by atoms with van der Waals surface area (Å²) >= 11 is 0. The van der Waals surface area contributed by atoms with Crippen LogP contribution in [0.4, 0.5) is 0 Å². The fraction of sp³-hybridized carbons (Fsp3) is 0.440. The summed E-state index contributed by atoms with van der Waals surface area (Å²) in [4.78, 5) is 0. The van der Waals surface area contributed by atoms with Crippen molar-refractivity contribution >= 4 is 12.2 Å². The molecule has 2 aromatic carbocycles. The van der Waals surface area contributed by atoms with Gasteiger partial charge in [-0.25, -0.2) is 0 Å². The Bertz CT molecular complexity index is 685. The minimum atomic E-state index is 0.508. The third kappa shape index (κ3) is 6.55. The Kier molecular flexibility index (Phi) is 8.60. The third-order valence-corrected chi connectivity index (χ3v) is 4.59. The minimum absolute atomic E-state index is 0.508. The van der Waals surface area contributed by atoms with E-state index in [2.05, 4.69) is 77.1 Å². The Morgan fingerprint density at radius 1 is 0.778 bits per heavy atom. The van der Waals surface area contributed by atoms with Gasteiger partial charge in [0.1, 0.15) is 12.4 Å². The lowest BCUT2D eigenvalue weighted by Gasteiger charge is -2.17. The first kappa shape index (κ1) is 21.2. The molecule has 2 nitrogen and oxygen atoms in total. The van der Waals surface area contributed by atoms with Crippen molar-refractivity contribution < 1.29 is 9.47 Å². The van der Waals surface area contributed by atoms with Crippen LogP contribution in [0, 0.1) is 0 Å². The predicted octanol–water partition coefficient (Wildman–Crippen LogP) is 6.91. The van der Waals surface area contributed by atoms with E-state index in [1.54, 1.807) is 0 Å². The van der Waals surface area contributed by atoms with E-state index < -0.39 is 0 Å². The van der Waals surface area contributed by atoms with Crippen molar-refractivity contribution in [2.45, 2.75) is 52.9 Å². The topological polar surface area (TPSA) is 18.5 Å². The Morgan fingerprint density at radius 2 is 1.41 bits per heavy atom. The van der Waals surface area contributed by atoms with Crippen LogP contribution in [0.3, 0.4) is 0 Å². The van der Waals surface area contributed by atoms with Crippen LogP contribution >= 0.6 is 0 Å². The average Bonchev–Trinajstić information content (AvgIpc) is 2.66. The third-order valence-electron chi connectivity index (χ3n) is 4.59. The fourth-order valence-electron chi connectivity index (χ4n) is 3.12. The number of benzene rings is 2. The van der Waals surface area contributed by atoms with E-state index in [-0.39, 0.29) is 0 Å². The average molecular weight is 367 g/mol. The minimum Gasteiger partial charge on any atom is -0.491 e. The van der Waals surface area contributed by atoms with Crippen molar-refractivity contribution in [3.63, 3.8) is 0 Å². The molecule has 0 spiro atoms. The zero-order chi connectivity index (χ0) is 19.6. The molecule has 0 saturated heterocycles. The van der Waals surface area contributed by atoms with Crippen molar-refractivity contribution in [3.8, 4) is 5.75 Å². The lowest BCUT2D eigenvalue weighted by atomic mass is 9.88. The Morgan fingerprint density at radius 3 is 1.96 bits per heavy atom. The second-order valence-corrected chi connectivity index (χ2v) is 7.52. The monoisotopic (exact) mass is 366 g/mol. The molecular formula is C25H34O2. The Balaban J connectivity index is 2.08. The highest BCUT2D eigenvalue weighted by molar-refractivity contribution is 5.73. The quantitative estimate of drug-likeness (QED) is 0.336. The summed E-state index contributed by atoms with van der Waals surface area (Å²) in [6.45, 7) is 13.2. The van der Waals surface area contributed by atoms with Gasteiger partial charge in [-0.1, -0.05) is 77.1 Å². The van der Waals surface area contributed by atoms with E-state index in [4.69, 9.17) is 9.47 Å². The molecular weight excluding hydrogens is 332 g/mol. The molecule has 0 aliphatic heterocycles. The molecule has 0 N–H and O–H groups in total. The maximum absolute atomic E-state index is 5.72. The molecule has 2 aromatic rings. The highest BCUT2D eigenvalue weighted by Crippen LogP contribution is 2.29. The molecule has 0 aromatic heterocycles. The summed E-state index contributed by atoms with van der Waals surface area (Å²) in [5.74, 6) is 1.90. The van der Waals surface area contributed by atoms with Crippen LogP contribution in [0.15, 0.2) is 42.5 Å². The van der Waals surface area contributed by atoms with Crippen LogP contribution in [-0.2, 0) is 4.74 Å². The van der Waals surface area contributed by atoms with Crippen LogP contribution in [-0.4, -0.2) is 19.8 Å². The number of rotatable bonds is 10. The molecule has 0 bridgehead atoms. The van der Waals surface area contributed by atoms with E-state index in [1.807, 2.05) is 12.1 Å². The molecule has 27 heavy (non-hydrogen) atoms. The lowest BCUT2D eigenvalue weighted by Crippen LogP contribution is -2.06. The number of ether oxygens (including phenoxy) is 2. The molecule has 0 unspecified atom stereocenters. The molecule has 2 heteroatoms. The molecule has 0 fully saturated rings. The zero-order valence-electron chi connectivity index (χ0n) is 17.5. The van der Waals surface area contributed by atoms with Crippen LogP contribution in [0.25, 0.3) is 12.2 Å². The molecule has 0 saturated carbocycles. The van der Waals surface area contributed by atoms with Crippen molar-refractivity contribution in [3.05, 3.63) is 64.7 Å². The van der Waals surface area contributed by atoms with Crippen LogP contribution in [0.5, 0.6) is 5.75 Å². The van der Waals surface area contributed by atoms with Gasteiger partial charge in [-0.15, -0.1) is 0 Å². The molecule has 0 aliphatic rings. The van der Waals surface area contributed by atoms with Gasteiger partial charge in [0.15, 0.2) is 0 Å². The van der Waals surface area contributed by atoms with E-state index in [0.29, 0.717) is 25.0 Å². The van der Waals surface area contributed by atoms with E-state index in [9.17, 15) is 0 Å². The van der Waals surface area contributed by atoms with Gasteiger partial charge in [-0.05, 0) is 52.6 Å². The number of hydrogen-bond donors (Lipinski definition) is 0.